The molecule has 0 fully saturated rings. The molecule has 0 aromatic heterocycles. The van der Waals surface area contributed by atoms with Crippen molar-refractivity contribution >= 4 is 41.4 Å². The van der Waals surface area contributed by atoms with Gasteiger partial charge in [0.25, 0.3) is 0 Å². The fourth-order valence-electron chi connectivity index (χ4n) is 9.10. The van der Waals surface area contributed by atoms with E-state index >= 15 is 0 Å². The van der Waals surface area contributed by atoms with E-state index in [0.29, 0.717) is 24.6 Å². The monoisotopic (exact) mass is 1050 g/mol. The van der Waals surface area contributed by atoms with Crippen LogP contribution in [0.15, 0.2) is 125 Å². The van der Waals surface area contributed by atoms with E-state index in [4.69, 9.17) is 18.9 Å². The number of unbranched alkanes of at least 4 members (excludes halogenated alkanes) is 26. The molecule has 11 heteroatoms. The van der Waals surface area contributed by atoms with Crippen molar-refractivity contribution in [1.29, 1.82) is 0 Å². The lowest BCUT2D eigenvalue weighted by Gasteiger charge is -2.09. The zero-order valence-corrected chi connectivity index (χ0v) is 46.4. The summed E-state index contributed by atoms with van der Waals surface area (Å²) in [5.74, 6) is -0.740. The maximum absolute atomic E-state index is 13.2. The number of nitro groups is 1. The second kappa shape index (κ2) is 38.0. The Bertz CT molecular complexity index is 2310. The molecule has 5 rings (SSSR count). The highest BCUT2D eigenvalue weighted by Gasteiger charge is 2.27. The van der Waals surface area contributed by atoms with E-state index in [1.165, 1.54) is 209 Å². The largest absolute Gasteiger partial charge is 0.494 e. The lowest BCUT2D eigenvalue weighted by Crippen LogP contribution is -2.12. The fourth-order valence-corrected chi connectivity index (χ4v) is 9.10. The van der Waals surface area contributed by atoms with Gasteiger partial charge in [-0.05, 0) is 133 Å². The van der Waals surface area contributed by atoms with E-state index in [1.54, 1.807) is 36.7 Å². The fraction of sp³-hybridized carbons (Fsp3) is 0.485. The van der Waals surface area contributed by atoms with Gasteiger partial charge in [0.15, 0.2) is 0 Å². The number of hydrogen-bond acceptors (Lipinski definition) is 10. The van der Waals surface area contributed by atoms with E-state index < -0.39 is 22.5 Å². The van der Waals surface area contributed by atoms with Crippen LogP contribution in [0, 0.1) is 10.1 Å². The minimum Gasteiger partial charge on any atom is -0.494 e. The molecule has 0 amide bonds. The molecule has 0 spiro atoms. The number of nitrogens with zero attached hydrogens (tertiary/aromatic N) is 3. The summed E-state index contributed by atoms with van der Waals surface area (Å²) in [5.41, 5.74) is 2.62. The van der Waals surface area contributed by atoms with Crippen LogP contribution in [-0.4, -0.2) is 42.5 Å². The van der Waals surface area contributed by atoms with Crippen molar-refractivity contribution in [3.05, 3.63) is 148 Å². The number of aliphatic imine (C=N–C) groups is 2. The van der Waals surface area contributed by atoms with Crippen LogP contribution in [-0.2, 0) is 0 Å². The molecule has 0 aliphatic carbocycles. The second-order valence-corrected chi connectivity index (χ2v) is 20.3. The first kappa shape index (κ1) is 61.2. The van der Waals surface area contributed by atoms with Crippen LogP contribution in [0.3, 0.4) is 0 Å². The molecular weight excluding hydrogens is 963 g/mol. The van der Waals surface area contributed by atoms with Gasteiger partial charge >= 0.3 is 17.6 Å². The van der Waals surface area contributed by atoms with Gasteiger partial charge in [0.1, 0.15) is 11.5 Å². The van der Waals surface area contributed by atoms with Gasteiger partial charge in [0.2, 0.25) is 11.5 Å². The van der Waals surface area contributed by atoms with Crippen LogP contribution in [0.1, 0.15) is 225 Å². The minimum absolute atomic E-state index is 0.153. The van der Waals surface area contributed by atoms with Gasteiger partial charge < -0.3 is 18.9 Å². The Balaban J connectivity index is 0.971. The molecule has 5 aromatic carbocycles. The number of para-hydroxylation sites is 1. The molecule has 0 unspecified atom stereocenters. The molecule has 11 nitrogen and oxygen atoms in total. The van der Waals surface area contributed by atoms with Crippen molar-refractivity contribution in [2.45, 2.75) is 194 Å². The number of esters is 2. The Hall–Kier alpha value is -6.62. The topological polar surface area (TPSA) is 139 Å². The summed E-state index contributed by atoms with van der Waals surface area (Å²) in [7, 11) is 0. The summed E-state index contributed by atoms with van der Waals surface area (Å²) >= 11 is 0. The van der Waals surface area contributed by atoms with Crippen molar-refractivity contribution < 1.29 is 33.5 Å². The smallest absolute Gasteiger partial charge is 0.353 e. The Labute approximate surface area is 460 Å². The van der Waals surface area contributed by atoms with Gasteiger partial charge in [0, 0.05) is 12.4 Å². The molecule has 414 valence electrons. The molecule has 0 aliphatic rings. The van der Waals surface area contributed by atoms with Crippen molar-refractivity contribution in [2.75, 3.05) is 13.2 Å². The number of benzene rings is 5. The zero-order chi connectivity index (χ0) is 54.4. The number of rotatable bonds is 41. The number of hydrogen-bond donors (Lipinski definition) is 0. The van der Waals surface area contributed by atoms with Gasteiger partial charge in [-0.2, -0.15) is 0 Å². The van der Waals surface area contributed by atoms with Gasteiger partial charge in [-0.3, -0.25) is 20.1 Å². The molecule has 0 heterocycles. The Kier molecular flexibility index (Phi) is 30.2. The summed E-state index contributed by atoms with van der Waals surface area (Å²) in [6.45, 7) is 5.94. The normalized spacial score (nSPS) is 11.4. The summed E-state index contributed by atoms with van der Waals surface area (Å²) in [4.78, 5) is 46.9. The Morgan fingerprint density at radius 2 is 0.714 bits per heavy atom. The standard InChI is InChI=1S/C66H87N3O8/c1-3-5-7-9-11-13-15-17-19-21-23-25-27-29-50-74-60-46-34-54(35-47-60)52-67-58-42-38-56(39-43-58)65(70)76-62-32-31-33-63(64(62)69(72)73)77-66(71)57-40-44-59(45-41-57)68-53-55-36-48-61(49-37-55)75-51-30-28-26-24-22-20-18-16-14-12-10-8-6-4-2/h31-49,52-53H,3-30,50-51H2,1-2H3. The molecule has 0 aliphatic heterocycles. The first-order chi connectivity index (χ1) is 37.8. The molecule has 5 aromatic rings. The predicted molar refractivity (Wildman–Crippen MR) is 315 cm³/mol. The minimum atomic E-state index is -0.826. The summed E-state index contributed by atoms with van der Waals surface area (Å²) < 4.78 is 22.9. The van der Waals surface area contributed by atoms with E-state index in [0.717, 1.165) is 35.5 Å². The molecular formula is C66H87N3O8. The van der Waals surface area contributed by atoms with Gasteiger partial charge in [0.05, 0.1) is 40.6 Å². The highest BCUT2D eigenvalue weighted by atomic mass is 16.6. The quantitative estimate of drug-likeness (QED) is 0.00942. The van der Waals surface area contributed by atoms with Crippen molar-refractivity contribution in [3.63, 3.8) is 0 Å². The average molecular weight is 1050 g/mol. The predicted octanol–water partition coefficient (Wildman–Crippen LogP) is 19.3. The first-order valence-corrected chi connectivity index (χ1v) is 29.3. The maximum Gasteiger partial charge on any atom is 0.353 e. The van der Waals surface area contributed by atoms with Crippen LogP contribution in [0.5, 0.6) is 23.0 Å². The Morgan fingerprint density at radius 3 is 1.01 bits per heavy atom. The maximum atomic E-state index is 13.2. The third-order valence-corrected chi connectivity index (χ3v) is 13.8. The van der Waals surface area contributed by atoms with Crippen LogP contribution in [0.2, 0.25) is 0 Å². The third-order valence-electron chi connectivity index (χ3n) is 13.8. The van der Waals surface area contributed by atoms with E-state index in [1.807, 2.05) is 48.5 Å². The highest BCUT2D eigenvalue weighted by molar-refractivity contribution is 5.94. The SMILES string of the molecule is CCCCCCCCCCCCCCCCOc1ccc(C=Nc2ccc(C(=O)Oc3cccc(OC(=O)c4ccc(N=Cc5ccc(OCCCCCCCCCCCCCCCC)cc5)cc4)c3[N+](=O)[O-])cc2)cc1. The van der Waals surface area contributed by atoms with Crippen LogP contribution >= 0.6 is 0 Å². The molecule has 0 saturated heterocycles. The summed E-state index contributed by atoms with van der Waals surface area (Å²) in [6, 6.07) is 32.2. The number of nitro benzene ring substituents is 1. The Morgan fingerprint density at radius 1 is 0.416 bits per heavy atom. The summed E-state index contributed by atoms with van der Waals surface area (Å²) in [5, 5.41) is 12.3. The second-order valence-electron chi connectivity index (χ2n) is 20.3. The molecule has 0 N–H and O–H groups in total. The zero-order valence-electron chi connectivity index (χ0n) is 46.4. The van der Waals surface area contributed by atoms with Crippen molar-refractivity contribution in [1.82, 2.24) is 0 Å². The highest BCUT2D eigenvalue weighted by Crippen LogP contribution is 2.38. The van der Waals surface area contributed by atoms with Crippen LogP contribution in [0.4, 0.5) is 17.1 Å². The molecule has 77 heavy (non-hydrogen) atoms. The third kappa shape index (κ3) is 25.4. The first-order valence-electron chi connectivity index (χ1n) is 29.3. The molecule has 0 saturated carbocycles. The average Bonchev–Trinajstić information content (AvgIpc) is 3.45. The molecule has 0 radical (unpaired) electrons. The van der Waals surface area contributed by atoms with Gasteiger partial charge in [-0.1, -0.05) is 187 Å². The van der Waals surface area contributed by atoms with E-state index in [-0.39, 0.29) is 22.6 Å². The van der Waals surface area contributed by atoms with E-state index in [9.17, 15) is 19.7 Å². The lowest BCUT2D eigenvalue weighted by molar-refractivity contribution is -0.386. The molecule has 0 bridgehead atoms. The lowest BCUT2D eigenvalue weighted by atomic mass is 10.0. The van der Waals surface area contributed by atoms with E-state index in [2.05, 4.69) is 23.8 Å². The number of carbonyl (C=O) groups excluding carboxylic acids is 2. The van der Waals surface area contributed by atoms with Gasteiger partial charge in [-0.25, -0.2) is 9.59 Å². The van der Waals surface area contributed by atoms with Crippen molar-refractivity contribution in [3.8, 4) is 23.0 Å². The number of ether oxygens (including phenoxy) is 4. The number of carbonyl (C=O) groups is 2. The van der Waals surface area contributed by atoms with Crippen molar-refractivity contribution in [2.24, 2.45) is 9.98 Å². The van der Waals surface area contributed by atoms with Crippen LogP contribution < -0.4 is 18.9 Å². The van der Waals surface area contributed by atoms with Crippen LogP contribution in [0.25, 0.3) is 0 Å². The molecule has 0 atom stereocenters. The van der Waals surface area contributed by atoms with Gasteiger partial charge in [-0.15, -0.1) is 0 Å². The summed E-state index contributed by atoms with van der Waals surface area (Å²) in [6.07, 6.45) is 40.6.